The van der Waals surface area contributed by atoms with Crippen LogP contribution in [0.25, 0.3) is 10.9 Å². The van der Waals surface area contributed by atoms with Crippen LogP contribution in [0.1, 0.15) is 13.3 Å². The summed E-state index contributed by atoms with van der Waals surface area (Å²) in [7, 11) is 0. The first kappa shape index (κ1) is 14.8. The van der Waals surface area contributed by atoms with Crippen LogP contribution < -0.4 is 5.32 Å². The first-order valence-corrected chi connectivity index (χ1v) is 7.90. The molecule has 3 rings (SSSR count). The molecule has 1 fully saturated rings. The number of rotatable bonds is 3. The summed E-state index contributed by atoms with van der Waals surface area (Å²) in [5, 5.41) is 4.04. The molecule has 0 radical (unpaired) electrons. The molecule has 116 valence electrons. The van der Waals surface area contributed by atoms with Gasteiger partial charge < -0.3 is 10.2 Å². The van der Waals surface area contributed by atoms with Gasteiger partial charge in [0.25, 0.3) is 0 Å². The number of nitrogens with one attached hydrogen (secondary N) is 1. The van der Waals surface area contributed by atoms with Crippen LogP contribution in [0.5, 0.6) is 0 Å². The van der Waals surface area contributed by atoms with Gasteiger partial charge in [0, 0.05) is 37.8 Å². The minimum atomic E-state index is -0.0331. The van der Waals surface area contributed by atoms with E-state index in [0.29, 0.717) is 0 Å². The zero-order valence-electron chi connectivity index (χ0n) is 13.0. The number of carbonyl (C=O) groups excluding carboxylic acids is 1. The van der Waals surface area contributed by atoms with Crippen LogP contribution >= 0.6 is 0 Å². The molecule has 1 N–H and O–H groups in total. The van der Waals surface area contributed by atoms with Crippen LogP contribution in [-0.2, 0) is 0 Å². The number of amides is 2. The number of piperazine rings is 1. The summed E-state index contributed by atoms with van der Waals surface area (Å²) < 4.78 is 0. The highest BCUT2D eigenvalue weighted by atomic mass is 16.2. The average molecular weight is 298 g/mol. The maximum Gasteiger partial charge on any atom is 0.321 e. The summed E-state index contributed by atoms with van der Waals surface area (Å²) in [5.41, 5.74) is 1.61. The standard InChI is InChI=1S/C17H22N4O/c1-2-9-20-10-12-21(13-11-20)17(22)19-15-7-3-5-14-6-4-8-18-16(14)15/h3-8H,2,9-13H2,1H3,(H,19,22). The number of pyridine rings is 1. The number of urea groups is 1. The molecule has 0 bridgehead atoms. The number of hydrogen-bond donors (Lipinski definition) is 1. The van der Waals surface area contributed by atoms with Gasteiger partial charge in [-0.2, -0.15) is 0 Å². The van der Waals surface area contributed by atoms with Gasteiger partial charge in [0.2, 0.25) is 0 Å². The van der Waals surface area contributed by atoms with E-state index in [2.05, 4.69) is 22.1 Å². The number of fused-ring (bicyclic) bond motifs is 1. The third-order valence-corrected chi connectivity index (χ3v) is 4.07. The van der Waals surface area contributed by atoms with Gasteiger partial charge in [0.05, 0.1) is 11.2 Å². The lowest BCUT2D eigenvalue weighted by Crippen LogP contribution is -2.50. The molecule has 0 aliphatic carbocycles. The molecule has 0 atom stereocenters. The highest BCUT2D eigenvalue weighted by Gasteiger charge is 2.20. The van der Waals surface area contributed by atoms with Crippen LogP contribution in [0, 0.1) is 0 Å². The first-order valence-electron chi connectivity index (χ1n) is 7.90. The Morgan fingerprint density at radius 3 is 2.73 bits per heavy atom. The molecule has 0 spiro atoms. The molecule has 5 nitrogen and oxygen atoms in total. The van der Waals surface area contributed by atoms with Crippen LogP contribution in [0.4, 0.5) is 10.5 Å². The van der Waals surface area contributed by atoms with Crippen molar-refractivity contribution in [2.45, 2.75) is 13.3 Å². The summed E-state index contributed by atoms with van der Waals surface area (Å²) in [4.78, 5) is 21.1. The van der Waals surface area contributed by atoms with Crippen molar-refractivity contribution in [2.75, 3.05) is 38.0 Å². The van der Waals surface area contributed by atoms with E-state index in [1.54, 1.807) is 6.20 Å². The Morgan fingerprint density at radius 2 is 1.95 bits per heavy atom. The lowest BCUT2D eigenvalue weighted by atomic mass is 10.2. The Bertz CT molecular complexity index is 645. The summed E-state index contributed by atoms with van der Waals surface area (Å²) in [6.07, 6.45) is 2.91. The fourth-order valence-electron chi connectivity index (χ4n) is 2.89. The van der Waals surface area contributed by atoms with Crippen LogP contribution in [0.2, 0.25) is 0 Å². The van der Waals surface area contributed by atoms with Crippen LogP contribution in [-0.4, -0.2) is 53.5 Å². The van der Waals surface area contributed by atoms with E-state index >= 15 is 0 Å². The van der Waals surface area contributed by atoms with Gasteiger partial charge in [-0.1, -0.05) is 25.1 Å². The monoisotopic (exact) mass is 298 g/mol. The van der Waals surface area contributed by atoms with Crippen molar-refractivity contribution in [3.63, 3.8) is 0 Å². The van der Waals surface area contributed by atoms with Crippen LogP contribution in [0.3, 0.4) is 0 Å². The molecule has 2 aromatic rings. The quantitative estimate of drug-likeness (QED) is 0.948. The molecule has 2 heterocycles. The van der Waals surface area contributed by atoms with E-state index in [-0.39, 0.29) is 6.03 Å². The van der Waals surface area contributed by atoms with Gasteiger partial charge >= 0.3 is 6.03 Å². The van der Waals surface area contributed by atoms with Gasteiger partial charge in [-0.15, -0.1) is 0 Å². The van der Waals surface area contributed by atoms with Gasteiger partial charge in [-0.05, 0) is 25.1 Å². The van der Waals surface area contributed by atoms with E-state index in [1.807, 2.05) is 35.2 Å². The second-order valence-electron chi connectivity index (χ2n) is 5.64. The van der Waals surface area contributed by atoms with Gasteiger partial charge in [-0.25, -0.2) is 4.79 Å². The van der Waals surface area contributed by atoms with Crippen molar-refractivity contribution >= 4 is 22.6 Å². The molecular formula is C17H22N4O. The van der Waals surface area contributed by atoms with Crippen molar-refractivity contribution < 1.29 is 4.79 Å². The van der Waals surface area contributed by atoms with E-state index in [4.69, 9.17) is 0 Å². The Kier molecular flexibility index (Phi) is 4.53. The van der Waals surface area contributed by atoms with Crippen molar-refractivity contribution in [3.05, 3.63) is 36.5 Å². The van der Waals surface area contributed by atoms with Gasteiger partial charge in [0.1, 0.15) is 0 Å². The summed E-state index contributed by atoms with van der Waals surface area (Å²) in [6, 6.07) is 9.72. The number of anilines is 1. The van der Waals surface area contributed by atoms with Crippen LogP contribution in [0.15, 0.2) is 36.5 Å². The smallest absolute Gasteiger partial charge is 0.321 e. The lowest BCUT2D eigenvalue weighted by Gasteiger charge is -2.34. The molecule has 1 aromatic carbocycles. The van der Waals surface area contributed by atoms with Crippen molar-refractivity contribution in [2.24, 2.45) is 0 Å². The third kappa shape index (κ3) is 3.20. The molecule has 2 amide bonds. The maximum atomic E-state index is 12.4. The van der Waals surface area contributed by atoms with Crippen molar-refractivity contribution in [1.82, 2.24) is 14.8 Å². The normalized spacial score (nSPS) is 16.0. The second kappa shape index (κ2) is 6.75. The number of aromatic nitrogens is 1. The summed E-state index contributed by atoms with van der Waals surface area (Å²) >= 11 is 0. The summed E-state index contributed by atoms with van der Waals surface area (Å²) in [5.74, 6) is 0. The lowest BCUT2D eigenvalue weighted by molar-refractivity contribution is 0.147. The largest absolute Gasteiger partial charge is 0.322 e. The van der Waals surface area contributed by atoms with E-state index in [1.165, 1.54) is 0 Å². The third-order valence-electron chi connectivity index (χ3n) is 4.07. The molecular weight excluding hydrogens is 276 g/mol. The highest BCUT2D eigenvalue weighted by Crippen LogP contribution is 2.21. The number of para-hydroxylation sites is 1. The minimum Gasteiger partial charge on any atom is -0.322 e. The number of nitrogens with zero attached hydrogens (tertiary/aromatic N) is 3. The van der Waals surface area contributed by atoms with E-state index < -0.39 is 0 Å². The Hall–Kier alpha value is -2.14. The van der Waals surface area contributed by atoms with Crippen molar-refractivity contribution in [3.8, 4) is 0 Å². The molecule has 1 saturated heterocycles. The van der Waals surface area contributed by atoms with E-state index in [0.717, 1.165) is 55.7 Å². The molecule has 0 unspecified atom stereocenters. The SMILES string of the molecule is CCCN1CCN(C(=O)Nc2cccc3cccnc23)CC1. The van der Waals surface area contributed by atoms with Gasteiger partial charge in [-0.3, -0.25) is 9.88 Å². The second-order valence-corrected chi connectivity index (χ2v) is 5.64. The number of hydrogen-bond acceptors (Lipinski definition) is 3. The molecule has 5 heteroatoms. The number of carbonyl (C=O) groups is 1. The highest BCUT2D eigenvalue weighted by molar-refractivity contribution is 5.99. The van der Waals surface area contributed by atoms with E-state index in [9.17, 15) is 4.79 Å². The molecule has 0 saturated carbocycles. The Labute approximate surface area is 130 Å². The molecule has 1 aliphatic rings. The predicted octanol–water partition coefficient (Wildman–Crippen LogP) is 2.79. The average Bonchev–Trinajstić information content (AvgIpc) is 2.56. The Balaban J connectivity index is 1.67. The molecule has 1 aromatic heterocycles. The zero-order chi connectivity index (χ0) is 15.4. The maximum absolute atomic E-state index is 12.4. The summed E-state index contributed by atoms with van der Waals surface area (Å²) in [6.45, 7) is 6.77. The van der Waals surface area contributed by atoms with Crippen molar-refractivity contribution in [1.29, 1.82) is 0 Å². The topological polar surface area (TPSA) is 48.5 Å². The van der Waals surface area contributed by atoms with Gasteiger partial charge in [0.15, 0.2) is 0 Å². The molecule has 1 aliphatic heterocycles. The minimum absolute atomic E-state index is 0.0331. The predicted molar refractivity (Wildman–Crippen MR) is 89.1 cm³/mol. The Morgan fingerprint density at radius 1 is 1.18 bits per heavy atom. The fraction of sp³-hybridized carbons (Fsp3) is 0.412. The fourth-order valence-corrected chi connectivity index (χ4v) is 2.89. The first-order chi connectivity index (χ1) is 10.8. The molecule has 22 heavy (non-hydrogen) atoms. The zero-order valence-corrected chi connectivity index (χ0v) is 13.0. The number of benzene rings is 1.